The number of halogens is 1. The molecule has 0 bridgehead atoms. The fourth-order valence-electron chi connectivity index (χ4n) is 3.24. The van der Waals surface area contributed by atoms with Crippen LogP contribution in [0.1, 0.15) is 5.56 Å². The van der Waals surface area contributed by atoms with Crippen LogP contribution in [0.4, 0.5) is 4.39 Å². The topological polar surface area (TPSA) is 94.1 Å². The molecule has 0 aliphatic rings. The zero-order valence-electron chi connectivity index (χ0n) is 19.0. The van der Waals surface area contributed by atoms with E-state index in [1.54, 1.807) is 30.3 Å². The monoisotopic (exact) mass is 489 g/mol. The molecule has 0 spiro atoms. The summed E-state index contributed by atoms with van der Waals surface area (Å²) >= 11 is 0. The van der Waals surface area contributed by atoms with E-state index in [9.17, 15) is 17.9 Å². The molecule has 0 aromatic heterocycles. The third-order valence-corrected chi connectivity index (χ3v) is 6.89. The van der Waals surface area contributed by atoms with Gasteiger partial charge in [0.15, 0.2) is 11.5 Å². The lowest BCUT2D eigenvalue weighted by atomic mass is 10.1. The van der Waals surface area contributed by atoms with Crippen LogP contribution in [0.3, 0.4) is 0 Å². The first-order valence-corrected chi connectivity index (χ1v) is 12.1. The second-order valence-electron chi connectivity index (χ2n) is 7.54. The molecule has 3 aromatic rings. The SMILES string of the molecule is COc1ccc(S(=O)(=O)c2ccc(CCNCC(O)COc3ccc(F)cc3)cc2)cc1OC. The average Bonchev–Trinajstić information content (AvgIpc) is 2.86. The highest BCUT2D eigenvalue weighted by Gasteiger charge is 2.20. The number of nitrogens with one attached hydrogen (secondary N) is 1. The van der Waals surface area contributed by atoms with Gasteiger partial charge in [0.2, 0.25) is 9.84 Å². The standard InChI is InChI=1S/C25H28FNO6S/c1-31-24-12-11-23(15-25(24)32-2)34(29,30)22-9-3-18(4-10-22)13-14-27-16-20(28)17-33-21-7-5-19(26)6-8-21/h3-12,15,20,27-28H,13-14,16-17H2,1-2H3. The summed E-state index contributed by atoms with van der Waals surface area (Å²) in [4.78, 5) is 0.307. The summed E-state index contributed by atoms with van der Waals surface area (Å²) in [7, 11) is -0.759. The minimum atomic E-state index is -3.70. The van der Waals surface area contributed by atoms with Crippen molar-refractivity contribution < 1.29 is 32.1 Å². The second-order valence-corrected chi connectivity index (χ2v) is 9.49. The number of hydrogen-bond donors (Lipinski definition) is 2. The Morgan fingerprint density at radius 3 is 2.21 bits per heavy atom. The van der Waals surface area contributed by atoms with E-state index < -0.39 is 15.9 Å². The summed E-state index contributed by atoms with van der Waals surface area (Å²) in [5.41, 5.74) is 0.954. The Morgan fingerprint density at radius 2 is 1.56 bits per heavy atom. The molecule has 3 aromatic carbocycles. The van der Waals surface area contributed by atoms with Gasteiger partial charge in [-0.15, -0.1) is 0 Å². The van der Waals surface area contributed by atoms with Crippen LogP contribution in [0.5, 0.6) is 17.2 Å². The molecular formula is C25H28FNO6S. The Bertz CT molecular complexity index is 1170. The van der Waals surface area contributed by atoms with Crippen LogP contribution in [0.15, 0.2) is 76.5 Å². The van der Waals surface area contributed by atoms with E-state index in [1.807, 2.05) is 0 Å². The van der Waals surface area contributed by atoms with Crippen LogP contribution in [0.2, 0.25) is 0 Å². The zero-order chi connectivity index (χ0) is 24.6. The summed E-state index contributed by atoms with van der Waals surface area (Å²) in [6, 6.07) is 16.8. The van der Waals surface area contributed by atoms with E-state index in [1.165, 1.54) is 50.6 Å². The lowest BCUT2D eigenvalue weighted by molar-refractivity contribution is 0.106. The Hall–Kier alpha value is -3.14. The number of sulfone groups is 1. The van der Waals surface area contributed by atoms with Crippen molar-refractivity contribution in [3.8, 4) is 17.2 Å². The molecule has 0 aliphatic carbocycles. The number of methoxy groups -OCH3 is 2. The molecule has 3 rings (SSSR count). The average molecular weight is 490 g/mol. The second kappa shape index (κ2) is 11.8. The molecule has 1 atom stereocenters. The molecule has 0 heterocycles. The maximum atomic E-state index is 13.0. The minimum absolute atomic E-state index is 0.0847. The van der Waals surface area contributed by atoms with Gasteiger partial charge >= 0.3 is 0 Å². The third-order valence-electron chi connectivity index (χ3n) is 5.13. The molecule has 0 aliphatic heterocycles. The predicted molar refractivity (Wildman–Crippen MR) is 126 cm³/mol. The maximum Gasteiger partial charge on any atom is 0.206 e. The van der Waals surface area contributed by atoms with Gasteiger partial charge in [-0.3, -0.25) is 0 Å². The first kappa shape index (κ1) is 25.5. The number of aliphatic hydroxyl groups is 1. The van der Waals surface area contributed by atoms with Gasteiger partial charge in [-0.25, -0.2) is 12.8 Å². The number of rotatable bonds is 12. The summed E-state index contributed by atoms with van der Waals surface area (Å²) in [6.07, 6.45) is -0.0681. The first-order valence-electron chi connectivity index (χ1n) is 10.7. The van der Waals surface area contributed by atoms with Crippen molar-refractivity contribution in [2.45, 2.75) is 22.3 Å². The van der Waals surface area contributed by atoms with Crippen molar-refractivity contribution in [1.29, 1.82) is 0 Å². The number of benzene rings is 3. The van der Waals surface area contributed by atoms with Gasteiger partial charge in [0, 0.05) is 12.6 Å². The van der Waals surface area contributed by atoms with Gasteiger partial charge in [-0.1, -0.05) is 12.1 Å². The van der Waals surface area contributed by atoms with Crippen molar-refractivity contribution in [1.82, 2.24) is 5.32 Å². The van der Waals surface area contributed by atoms with Crippen LogP contribution in [0, 0.1) is 5.82 Å². The van der Waals surface area contributed by atoms with Crippen LogP contribution in [-0.4, -0.2) is 53.5 Å². The largest absolute Gasteiger partial charge is 0.493 e. The van der Waals surface area contributed by atoms with Crippen molar-refractivity contribution in [3.63, 3.8) is 0 Å². The van der Waals surface area contributed by atoms with E-state index in [2.05, 4.69) is 5.32 Å². The van der Waals surface area contributed by atoms with Crippen molar-refractivity contribution in [2.75, 3.05) is 33.9 Å². The molecule has 1 unspecified atom stereocenters. The van der Waals surface area contributed by atoms with E-state index in [0.717, 1.165) is 5.56 Å². The van der Waals surface area contributed by atoms with Crippen molar-refractivity contribution in [2.24, 2.45) is 0 Å². The summed E-state index contributed by atoms with van der Waals surface area (Å²) in [5.74, 6) is 0.942. The third kappa shape index (κ3) is 6.69. The summed E-state index contributed by atoms with van der Waals surface area (Å²) in [5, 5.41) is 13.2. The molecule has 182 valence electrons. The number of hydrogen-bond acceptors (Lipinski definition) is 7. The van der Waals surface area contributed by atoms with E-state index in [-0.39, 0.29) is 22.2 Å². The molecule has 0 radical (unpaired) electrons. The molecule has 0 fully saturated rings. The van der Waals surface area contributed by atoms with E-state index in [0.29, 0.717) is 36.8 Å². The summed E-state index contributed by atoms with van der Waals surface area (Å²) < 4.78 is 54.6. The molecule has 0 amide bonds. The molecule has 2 N–H and O–H groups in total. The quantitative estimate of drug-likeness (QED) is 0.377. The zero-order valence-corrected chi connectivity index (χ0v) is 19.8. The lowest BCUT2D eigenvalue weighted by Gasteiger charge is -2.13. The van der Waals surface area contributed by atoms with Gasteiger partial charge in [-0.05, 0) is 67.1 Å². The molecule has 0 saturated carbocycles. The highest BCUT2D eigenvalue weighted by Crippen LogP contribution is 2.31. The maximum absolute atomic E-state index is 13.0. The smallest absolute Gasteiger partial charge is 0.206 e. The van der Waals surface area contributed by atoms with Crippen LogP contribution in [0.25, 0.3) is 0 Å². The van der Waals surface area contributed by atoms with Gasteiger partial charge in [0.1, 0.15) is 24.3 Å². The van der Waals surface area contributed by atoms with Gasteiger partial charge < -0.3 is 24.6 Å². The van der Waals surface area contributed by atoms with Crippen molar-refractivity contribution in [3.05, 3.63) is 78.1 Å². The van der Waals surface area contributed by atoms with Crippen LogP contribution < -0.4 is 19.5 Å². The van der Waals surface area contributed by atoms with Crippen LogP contribution >= 0.6 is 0 Å². The molecule has 9 heteroatoms. The highest BCUT2D eigenvalue weighted by molar-refractivity contribution is 7.91. The molecule has 7 nitrogen and oxygen atoms in total. The number of ether oxygens (including phenoxy) is 3. The molecule has 0 saturated heterocycles. The molecular weight excluding hydrogens is 461 g/mol. The predicted octanol–water partition coefficient (Wildman–Crippen LogP) is 3.25. The Morgan fingerprint density at radius 1 is 0.912 bits per heavy atom. The van der Waals surface area contributed by atoms with Gasteiger partial charge in [0.25, 0.3) is 0 Å². The minimum Gasteiger partial charge on any atom is -0.493 e. The lowest BCUT2D eigenvalue weighted by Crippen LogP contribution is -2.32. The van der Waals surface area contributed by atoms with Gasteiger partial charge in [-0.2, -0.15) is 0 Å². The van der Waals surface area contributed by atoms with Crippen molar-refractivity contribution >= 4 is 9.84 Å². The fourth-order valence-corrected chi connectivity index (χ4v) is 4.51. The Kier molecular flexibility index (Phi) is 8.86. The van der Waals surface area contributed by atoms with E-state index >= 15 is 0 Å². The summed E-state index contributed by atoms with van der Waals surface area (Å²) in [6.45, 7) is 1.00. The fraction of sp³-hybridized carbons (Fsp3) is 0.280. The number of aliphatic hydroxyl groups excluding tert-OH is 1. The van der Waals surface area contributed by atoms with Crippen LogP contribution in [-0.2, 0) is 16.3 Å². The highest BCUT2D eigenvalue weighted by atomic mass is 32.2. The Labute approximate surface area is 199 Å². The van der Waals surface area contributed by atoms with E-state index in [4.69, 9.17) is 14.2 Å². The normalized spacial score (nSPS) is 12.2. The molecule has 34 heavy (non-hydrogen) atoms. The Balaban J connectivity index is 1.48. The first-order chi connectivity index (χ1) is 16.3. The van der Waals surface area contributed by atoms with Gasteiger partial charge in [0.05, 0.1) is 24.0 Å².